The molecule has 0 saturated carbocycles. The molecular formula is C21H28F2N4O. The lowest BCUT2D eigenvalue weighted by molar-refractivity contribution is 0.105. The lowest BCUT2D eigenvalue weighted by Gasteiger charge is -2.39. The third-order valence-electron chi connectivity index (χ3n) is 6.30. The molecule has 2 saturated heterocycles. The molecule has 1 spiro atoms. The number of aromatic nitrogens is 2. The van der Waals surface area contributed by atoms with E-state index in [-0.39, 0.29) is 17.4 Å². The van der Waals surface area contributed by atoms with Gasteiger partial charge < -0.3 is 4.52 Å². The average molecular weight is 390 g/mol. The first-order valence-corrected chi connectivity index (χ1v) is 10.1. The molecule has 3 heterocycles. The summed E-state index contributed by atoms with van der Waals surface area (Å²) in [4.78, 5) is 9.29. The zero-order chi connectivity index (χ0) is 19.9. The van der Waals surface area contributed by atoms with Gasteiger partial charge in [-0.05, 0) is 62.5 Å². The van der Waals surface area contributed by atoms with E-state index in [4.69, 9.17) is 4.52 Å². The van der Waals surface area contributed by atoms with Gasteiger partial charge in [-0.3, -0.25) is 9.80 Å². The van der Waals surface area contributed by atoms with Crippen molar-refractivity contribution in [3.8, 4) is 0 Å². The van der Waals surface area contributed by atoms with Crippen LogP contribution in [0.15, 0.2) is 22.7 Å². The van der Waals surface area contributed by atoms with Crippen LogP contribution in [0.4, 0.5) is 8.78 Å². The van der Waals surface area contributed by atoms with Crippen LogP contribution in [0.25, 0.3) is 0 Å². The van der Waals surface area contributed by atoms with Gasteiger partial charge in [-0.2, -0.15) is 4.98 Å². The number of likely N-dealkylation sites (tertiary alicyclic amines) is 2. The highest BCUT2D eigenvalue weighted by molar-refractivity contribution is 5.18. The second-order valence-electron chi connectivity index (χ2n) is 8.81. The van der Waals surface area contributed by atoms with Crippen molar-refractivity contribution in [2.75, 3.05) is 26.7 Å². The molecule has 152 valence electrons. The number of hydrogen-bond donors (Lipinski definition) is 0. The topological polar surface area (TPSA) is 45.4 Å². The summed E-state index contributed by atoms with van der Waals surface area (Å²) < 4.78 is 32.0. The van der Waals surface area contributed by atoms with Crippen molar-refractivity contribution in [3.05, 3.63) is 47.1 Å². The Bertz CT molecular complexity index is 830. The molecule has 0 radical (unpaired) electrons. The smallest absolute Gasteiger partial charge is 0.229 e. The molecule has 1 aromatic carbocycles. The number of halogens is 2. The van der Waals surface area contributed by atoms with E-state index in [1.807, 2.05) is 0 Å². The summed E-state index contributed by atoms with van der Waals surface area (Å²) in [5.41, 5.74) is 1.09. The molecule has 7 heteroatoms. The van der Waals surface area contributed by atoms with Gasteiger partial charge in [-0.15, -0.1) is 0 Å². The number of rotatable bonds is 4. The Morgan fingerprint density at radius 2 is 1.96 bits per heavy atom. The van der Waals surface area contributed by atoms with Gasteiger partial charge in [-0.25, -0.2) is 8.78 Å². The van der Waals surface area contributed by atoms with Crippen LogP contribution in [-0.2, 0) is 6.54 Å². The highest BCUT2D eigenvalue weighted by atomic mass is 19.2. The lowest BCUT2D eigenvalue weighted by Crippen LogP contribution is -2.40. The largest absolute Gasteiger partial charge is 0.339 e. The normalized spacial score (nSPS) is 23.1. The minimum absolute atomic E-state index is 0.203. The Morgan fingerprint density at radius 3 is 2.61 bits per heavy atom. The van der Waals surface area contributed by atoms with E-state index >= 15 is 0 Å². The van der Waals surface area contributed by atoms with Gasteiger partial charge in [0.2, 0.25) is 5.89 Å². The second-order valence-corrected chi connectivity index (χ2v) is 8.81. The number of hydrogen-bond acceptors (Lipinski definition) is 5. The van der Waals surface area contributed by atoms with Gasteiger partial charge in [0.1, 0.15) is 0 Å². The minimum atomic E-state index is -0.788. The van der Waals surface area contributed by atoms with E-state index in [0.29, 0.717) is 12.4 Å². The van der Waals surface area contributed by atoms with E-state index in [0.717, 1.165) is 50.3 Å². The highest BCUT2D eigenvalue weighted by Gasteiger charge is 2.46. The van der Waals surface area contributed by atoms with Crippen molar-refractivity contribution < 1.29 is 13.3 Å². The first kappa shape index (κ1) is 19.5. The molecular weight excluding hydrogens is 362 g/mol. The van der Waals surface area contributed by atoms with Crippen molar-refractivity contribution in [1.82, 2.24) is 19.9 Å². The predicted molar refractivity (Wildman–Crippen MR) is 102 cm³/mol. The molecule has 28 heavy (non-hydrogen) atoms. The van der Waals surface area contributed by atoms with Crippen LogP contribution in [-0.4, -0.2) is 46.6 Å². The molecule has 0 aliphatic carbocycles. The first-order chi connectivity index (χ1) is 13.3. The third kappa shape index (κ3) is 3.82. The molecule has 5 nitrogen and oxygen atoms in total. The fourth-order valence-corrected chi connectivity index (χ4v) is 4.62. The van der Waals surface area contributed by atoms with Crippen molar-refractivity contribution in [2.45, 2.75) is 51.6 Å². The monoisotopic (exact) mass is 390 g/mol. The Morgan fingerprint density at radius 1 is 1.21 bits per heavy atom. The molecule has 2 aromatic rings. The summed E-state index contributed by atoms with van der Waals surface area (Å²) in [6.45, 7) is 7.73. The summed E-state index contributed by atoms with van der Waals surface area (Å²) in [5.74, 6) is 0.176. The Balaban J connectivity index is 1.37. The second kappa shape index (κ2) is 7.52. The van der Waals surface area contributed by atoms with Gasteiger partial charge in [0, 0.05) is 19.0 Å². The minimum Gasteiger partial charge on any atom is -0.339 e. The van der Waals surface area contributed by atoms with Gasteiger partial charge in [0.05, 0.1) is 6.04 Å². The number of benzene rings is 1. The molecule has 1 atom stereocenters. The van der Waals surface area contributed by atoms with Crippen molar-refractivity contribution in [1.29, 1.82) is 0 Å². The molecule has 0 N–H and O–H groups in total. The average Bonchev–Trinajstić information content (AvgIpc) is 3.26. The summed E-state index contributed by atoms with van der Waals surface area (Å²) in [5, 5.41) is 4.23. The summed E-state index contributed by atoms with van der Waals surface area (Å²) >= 11 is 0. The van der Waals surface area contributed by atoms with E-state index < -0.39 is 11.6 Å². The molecule has 2 aliphatic rings. The zero-order valence-corrected chi connectivity index (χ0v) is 16.8. The van der Waals surface area contributed by atoms with Gasteiger partial charge in [0.25, 0.3) is 0 Å². The number of nitrogens with zero attached hydrogens (tertiary/aromatic N) is 4. The van der Waals surface area contributed by atoms with Crippen molar-refractivity contribution in [3.63, 3.8) is 0 Å². The van der Waals surface area contributed by atoms with Gasteiger partial charge in [0.15, 0.2) is 17.5 Å². The molecule has 1 aromatic heterocycles. The third-order valence-corrected chi connectivity index (χ3v) is 6.30. The van der Waals surface area contributed by atoms with Crippen LogP contribution < -0.4 is 0 Å². The fourth-order valence-electron chi connectivity index (χ4n) is 4.62. The van der Waals surface area contributed by atoms with E-state index in [1.165, 1.54) is 12.1 Å². The Hall–Kier alpha value is -1.86. The fraction of sp³-hybridized carbons (Fsp3) is 0.619. The lowest BCUT2D eigenvalue weighted by atomic mass is 9.76. The van der Waals surface area contributed by atoms with Gasteiger partial charge in [-0.1, -0.05) is 25.1 Å². The van der Waals surface area contributed by atoms with Crippen LogP contribution in [0.5, 0.6) is 0 Å². The molecule has 0 bridgehead atoms. The Labute approximate surface area is 164 Å². The summed E-state index contributed by atoms with van der Waals surface area (Å²) in [6.07, 6.45) is 3.22. The van der Waals surface area contributed by atoms with Crippen LogP contribution in [0, 0.1) is 17.0 Å². The zero-order valence-electron chi connectivity index (χ0n) is 16.8. The Kier molecular flexibility index (Phi) is 5.22. The molecule has 4 rings (SSSR count). The van der Waals surface area contributed by atoms with E-state index in [9.17, 15) is 8.78 Å². The maximum atomic E-state index is 13.5. The van der Waals surface area contributed by atoms with Crippen molar-refractivity contribution in [2.24, 2.45) is 5.41 Å². The van der Waals surface area contributed by atoms with Crippen molar-refractivity contribution >= 4 is 0 Å². The highest BCUT2D eigenvalue weighted by Crippen LogP contribution is 2.47. The summed E-state index contributed by atoms with van der Waals surface area (Å²) in [6, 6.07) is 4.39. The molecule has 0 amide bonds. The predicted octanol–water partition coefficient (Wildman–Crippen LogP) is 4.13. The summed E-state index contributed by atoms with van der Waals surface area (Å²) in [7, 11) is 2.14. The molecule has 2 fully saturated rings. The number of piperidine rings is 1. The molecule has 2 aliphatic heterocycles. The van der Waals surface area contributed by atoms with Crippen LogP contribution in [0.1, 0.15) is 62.3 Å². The standard InChI is InChI=1S/C21H28F2N4O/c1-14(2)20-24-19(25-28-20)18-11-21(13-26(18)3)6-8-27(9-7-21)12-15-4-5-16(22)17(23)10-15/h4-5,10,14,18H,6-9,11-13H2,1-3H3. The van der Waals surface area contributed by atoms with Crippen LogP contribution >= 0.6 is 0 Å². The first-order valence-electron chi connectivity index (χ1n) is 10.1. The van der Waals surface area contributed by atoms with Gasteiger partial charge >= 0.3 is 0 Å². The van der Waals surface area contributed by atoms with E-state index in [1.54, 1.807) is 6.07 Å². The quantitative estimate of drug-likeness (QED) is 0.786. The molecule has 1 unspecified atom stereocenters. The maximum Gasteiger partial charge on any atom is 0.229 e. The van der Waals surface area contributed by atoms with Crippen LogP contribution in [0.2, 0.25) is 0 Å². The van der Waals surface area contributed by atoms with Crippen LogP contribution in [0.3, 0.4) is 0 Å². The maximum absolute atomic E-state index is 13.5. The van der Waals surface area contributed by atoms with E-state index in [2.05, 4.69) is 40.8 Å². The SMILES string of the molecule is CC(C)c1nc(C2CC3(CCN(Cc4ccc(F)c(F)c4)CC3)CN2C)no1.